The number of anilines is 2. The number of hydrogen-bond donors (Lipinski definition) is 8. The quantitative estimate of drug-likeness (QED) is 0.243. The van der Waals surface area contributed by atoms with E-state index in [2.05, 4.69) is 20.6 Å². The molecule has 0 unspecified atom stereocenters. The molecule has 0 spiro atoms. The second kappa shape index (κ2) is 8.54. The van der Waals surface area contributed by atoms with Crippen LogP contribution in [0.4, 0.5) is 11.5 Å². The van der Waals surface area contributed by atoms with Gasteiger partial charge in [-0.05, 0) is 6.92 Å². The van der Waals surface area contributed by atoms with Gasteiger partial charge in [0.05, 0.1) is 18.8 Å². The Morgan fingerprint density at radius 3 is 2.41 bits per heavy atom. The SMILES string of the molecule is C[C@H](N)CNc1c(NC[C@H](O)C[C@H](O)CO)[nH]c(=O)[nH]c1=O. The van der Waals surface area contributed by atoms with Crippen molar-refractivity contribution in [3.8, 4) is 0 Å². The number of nitrogens with two attached hydrogens (primary N) is 1. The minimum absolute atomic E-state index is 0.0245. The normalized spacial score (nSPS) is 15.1. The van der Waals surface area contributed by atoms with Crippen LogP contribution in [0.3, 0.4) is 0 Å². The van der Waals surface area contributed by atoms with Gasteiger partial charge in [-0.1, -0.05) is 0 Å². The molecule has 0 amide bonds. The summed E-state index contributed by atoms with van der Waals surface area (Å²) in [4.78, 5) is 27.6. The van der Waals surface area contributed by atoms with Gasteiger partial charge in [0.25, 0.3) is 5.56 Å². The Morgan fingerprint density at radius 1 is 1.14 bits per heavy atom. The summed E-state index contributed by atoms with van der Waals surface area (Å²) in [6.45, 7) is 1.58. The zero-order valence-corrected chi connectivity index (χ0v) is 12.3. The average molecular weight is 317 g/mol. The van der Waals surface area contributed by atoms with Gasteiger partial charge in [0.15, 0.2) is 0 Å². The molecule has 0 fully saturated rings. The van der Waals surface area contributed by atoms with Gasteiger partial charge in [0.2, 0.25) is 0 Å². The van der Waals surface area contributed by atoms with Gasteiger partial charge in [0.1, 0.15) is 11.5 Å². The second-order valence-corrected chi connectivity index (χ2v) is 5.12. The average Bonchev–Trinajstić information content (AvgIpc) is 2.43. The van der Waals surface area contributed by atoms with Gasteiger partial charge in [-0.2, -0.15) is 0 Å². The fourth-order valence-electron chi connectivity index (χ4n) is 1.74. The van der Waals surface area contributed by atoms with Crippen LogP contribution in [-0.4, -0.2) is 63.2 Å². The molecule has 1 aromatic rings. The number of hydrogen-bond acceptors (Lipinski definition) is 8. The molecule has 22 heavy (non-hydrogen) atoms. The summed E-state index contributed by atoms with van der Waals surface area (Å²) in [5.41, 5.74) is 4.40. The second-order valence-electron chi connectivity index (χ2n) is 5.12. The minimum Gasteiger partial charge on any atom is -0.394 e. The van der Waals surface area contributed by atoms with E-state index in [4.69, 9.17) is 10.8 Å². The lowest BCUT2D eigenvalue weighted by molar-refractivity contribution is 0.0460. The maximum Gasteiger partial charge on any atom is 0.327 e. The summed E-state index contributed by atoms with van der Waals surface area (Å²) >= 11 is 0. The first-order valence-corrected chi connectivity index (χ1v) is 6.90. The largest absolute Gasteiger partial charge is 0.394 e. The third-order valence-corrected chi connectivity index (χ3v) is 2.81. The maximum atomic E-state index is 11.8. The molecule has 0 bridgehead atoms. The molecule has 0 aromatic carbocycles. The molecular formula is C12H23N5O5. The fraction of sp³-hybridized carbons (Fsp3) is 0.667. The molecule has 1 heterocycles. The Bertz CT molecular complexity index is 570. The van der Waals surface area contributed by atoms with E-state index in [1.165, 1.54) is 0 Å². The van der Waals surface area contributed by atoms with Gasteiger partial charge >= 0.3 is 5.69 Å². The lowest BCUT2D eigenvalue weighted by Crippen LogP contribution is -2.33. The molecular weight excluding hydrogens is 294 g/mol. The van der Waals surface area contributed by atoms with Crippen molar-refractivity contribution in [1.29, 1.82) is 0 Å². The zero-order valence-electron chi connectivity index (χ0n) is 12.3. The van der Waals surface area contributed by atoms with Crippen molar-refractivity contribution in [2.45, 2.75) is 31.6 Å². The van der Waals surface area contributed by atoms with Gasteiger partial charge < -0.3 is 31.7 Å². The molecule has 0 aliphatic carbocycles. The van der Waals surface area contributed by atoms with Crippen LogP contribution in [-0.2, 0) is 0 Å². The van der Waals surface area contributed by atoms with Crippen LogP contribution in [0.1, 0.15) is 13.3 Å². The Morgan fingerprint density at radius 2 is 1.82 bits per heavy atom. The summed E-state index contributed by atoms with van der Waals surface area (Å²) in [5, 5.41) is 33.2. The van der Waals surface area contributed by atoms with Crippen molar-refractivity contribution in [3.63, 3.8) is 0 Å². The predicted molar refractivity (Wildman–Crippen MR) is 82.0 cm³/mol. The fourth-order valence-corrected chi connectivity index (χ4v) is 1.74. The van der Waals surface area contributed by atoms with E-state index in [-0.39, 0.29) is 30.5 Å². The van der Waals surface area contributed by atoms with Crippen LogP contribution in [0, 0.1) is 0 Å². The highest BCUT2D eigenvalue weighted by molar-refractivity contribution is 5.62. The van der Waals surface area contributed by atoms with Crippen molar-refractivity contribution < 1.29 is 15.3 Å². The van der Waals surface area contributed by atoms with E-state index >= 15 is 0 Å². The first-order valence-electron chi connectivity index (χ1n) is 6.90. The number of aliphatic hydroxyl groups is 3. The molecule has 9 N–H and O–H groups in total. The number of nitrogens with one attached hydrogen (secondary N) is 4. The summed E-state index contributed by atoms with van der Waals surface area (Å²) in [7, 11) is 0. The first kappa shape index (κ1) is 18.2. The first-order chi connectivity index (χ1) is 10.3. The van der Waals surface area contributed by atoms with Gasteiger partial charge in [-0.3, -0.25) is 14.8 Å². The lowest BCUT2D eigenvalue weighted by atomic mass is 10.1. The van der Waals surface area contributed by atoms with Gasteiger partial charge in [-0.15, -0.1) is 0 Å². The number of aromatic amines is 2. The topological polar surface area (TPSA) is 176 Å². The van der Waals surface area contributed by atoms with Gasteiger partial charge in [0, 0.05) is 25.6 Å². The highest BCUT2D eigenvalue weighted by Gasteiger charge is 2.14. The van der Waals surface area contributed by atoms with Crippen LogP contribution >= 0.6 is 0 Å². The van der Waals surface area contributed by atoms with E-state index in [0.29, 0.717) is 6.54 Å². The van der Waals surface area contributed by atoms with Crippen molar-refractivity contribution >= 4 is 11.5 Å². The van der Waals surface area contributed by atoms with Crippen LogP contribution in [0.2, 0.25) is 0 Å². The molecule has 0 aliphatic rings. The zero-order chi connectivity index (χ0) is 16.7. The molecule has 3 atom stereocenters. The summed E-state index contributed by atoms with van der Waals surface area (Å²) in [6.07, 6.45) is -2.04. The van der Waals surface area contributed by atoms with Gasteiger partial charge in [-0.25, -0.2) is 4.79 Å². The van der Waals surface area contributed by atoms with E-state index in [1.54, 1.807) is 6.92 Å². The Hall–Kier alpha value is -1.88. The van der Waals surface area contributed by atoms with E-state index < -0.39 is 30.1 Å². The summed E-state index contributed by atoms with van der Waals surface area (Å²) in [5.74, 6) is 0.118. The predicted octanol–water partition coefficient (Wildman–Crippen LogP) is -2.66. The minimum atomic E-state index is -1.04. The molecule has 1 rings (SSSR count). The number of rotatable bonds is 9. The standard InChI is InChI=1S/C12H23N5O5/c1-6(13)3-14-9-10(16-12(22)17-11(9)21)15-4-7(19)2-8(20)5-18/h6-8,14,18-20H,2-5,13H2,1H3,(H3,15,16,17,21,22)/t6-,7+,8-/m0/s1. The van der Waals surface area contributed by atoms with Crippen molar-refractivity contribution in [2.75, 3.05) is 30.3 Å². The molecule has 0 radical (unpaired) electrons. The van der Waals surface area contributed by atoms with Crippen LogP contribution in [0.5, 0.6) is 0 Å². The van der Waals surface area contributed by atoms with Crippen molar-refractivity contribution in [3.05, 3.63) is 20.8 Å². The van der Waals surface area contributed by atoms with Crippen LogP contribution in [0.15, 0.2) is 9.59 Å². The Kier molecular flexibility index (Phi) is 7.05. The van der Waals surface area contributed by atoms with E-state index in [9.17, 15) is 19.8 Å². The maximum absolute atomic E-state index is 11.8. The molecule has 10 nitrogen and oxygen atoms in total. The molecule has 0 aliphatic heterocycles. The monoisotopic (exact) mass is 317 g/mol. The molecule has 10 heteroatoms. The molecule has 0 saturated heterocycles. The molecule has 126 valence electrons. The number of aliphatic hydroxyl groups excluding tert-OH is 3. The smallest absolute Gasteiger partial charge is 0.327 e. The third kappa shape index (κ3) is 5.85. The number of aromatic nitrogens is 2. The van der Waals surface area contributed by atoms with E-state index in [0.717, 1.165) is 0 Å². The van der Waals surface area contributed by atoms with E-state index in [1.807, 2.05) is 0 Å². The number of H-pyrrole nitrogens is 2. The Balaban J connectivity index is 2.79. The Labute approximate surface area is 126 Å². The molecule has 0 saturated carbocycles. The third-order valence-electron chi connectivity index (χ3n) is 2.81. The highest BCUT2D eigenvalue weighted by atomic mass is 16.3. The molecule has 1 aromatic heterocycles. The van der Waals surface area contributed by atoms with Crippen LogP contribution in [0.25, 0.3) is 0 Å². The van der Waals surface area contributed by atoms with Crippen molar-refractivity contribution in [1.82, 2.24) is 9.97 Å². The highest BCUT2D eigenvalue weighted by Crippen LogP contribution is 2.11. The summed E-state index contributed by atoms with van der Waals surface area (Å²) < 4.78 is 0. The van der Waals surface area contributed by atoms with Crippen LogP contribution < -0.4 is 27.6 Å². The summed E-state index contributed by atoms with van der Waals surface area (Å²) in [6, 6.07) is -0.204. The lowest BCUT2D eigenvalue weighted by Gasteiger charge is -2.17. The van der Waals surface area contributed by atoms with Crippen molar-refractivity contribution in [2.24, 2.45) is 5.73 Å².